The summed E-state index contributed by atoms with van der Waals surface area (Å²) in [5.41, 5.74) is -0.425. The molecular formula is C13H25NO3. The van der Waals surface area contributed by atoms with Crippen LogP contribution < -0.4 is 5.32 Å². The van der Waals surface area contributed by atoms with Crippen molar-refractivity contribution in [3.8, 4) is 0 Å². The highest BCUT2D eigenvalue weighted by molar-refractivity contribution is 5.81. The van der Waals surface area contributed by atoms with Crippen LogP contribution in [0.15, 0.2) is 0 Å². The Morgan fingerprint density at radius 2 is 1.76 bits per heavy atom. The second-order valence-corrected chi connectivity index (χ2v) is 6.05. The first-order chi connectivity index (χ1) is 7.62. The molecular weight excluding hydrogens is 218 g/mol. The first-order valence-electron chi connectivity index (χ1n) is 6.13. The number of hydrogen-bond acceptors (Lipinski definition) is 2. The summed E-state index contributed by atoms with van der Waals surface area (Å²) in [6, 6.07) is 0. The van der Waals surface area contributed by atoms with Gasteiger partial charge in [0.15, 0.2) is 0 Å². The maximum atomic E-state index is 11.7. The molecule has 0 unspecified atom stereocenters. The van der Waals surface area contributed by atoms with E-state index in [1.54, 1.807) is 0 Å². The third kappa shape index (κ3) is 7.77. The standard InChI is InChI=1S/C13H25NO3/c1-9(2)6-10(7-11(15)16)8-14-12(17)13(3,4)5/h9-10H,6-8H2,1-5H3,(H,14,17)(H,15,16)/t10-/m0/s1. The van der Waals surface area contributed by atoms with E-state index in [-0.39, 0.29) is 18.2 Å². The van der Waals surface area contributed by atoms with Gasteiger partial charge in [0, 0.05) is 18.4 Å². The number of amides is 1. The lowest BCUT2D eigenvalue weighted by molar-refractivity contribution is -0.138. The number of hydrogen-bond donors (Lipinski definition) is 2. The summed E-state index contributed by atoms with van der Waals surface area (Å²) in [4.78, 5) is 22.4. The van der Waals surface area contributed by atoms with Crippen molar-refractivity contribution in [2.75, 3.05) is 6.54 Å². The van der Waals surface area contributed by atoms with Crippen molar-refractivity contribution in [3.05, 3.63) is 0 Å². The lowest BCUT2D eigenvalue weighted by Gasteiger charge is -2.22. The van der Waals surface area contributed by atoms with E-state index in [2.05, 4.69) is 19.2 Å². The summed E-state index contributed by atoms with van der Waals surface area (Å²) in [6.45, 7) is 10.1. The fourth-order valence-electron chi connectivity index (χ4n) is 1.65. The first kappa shape index (κ1) is 15.9. The van der Waals surface area contributed by atoms with Crippen LogP contribution in [0.4, 0.5) is 0 Å². The minimum absolute atomic E-state index is 0.0128. The summed E-state index contributed by atoms with van der Waals surface area (Å²) in [5.74, 6) is -0.387. The van der Waals surface area contributed by atoms with E-state index >= 15 is 0 Å². The van der Waals surface area contributed by atoms with E-state index in [4.69, 9.17) is 5.11 Å². The summed E-state index contributed by atoms with van der Waals surface area (Å²) in [5, 5.41) is 11.6. The van der Waals surface area contributed by atoms with Gasteiger partial charge in [0.25, 0.3) is 0 Å². The smallest absolute Gasteiger partial charge is 0.303 e. The highest BCUT2D eigenvalue weighted by Crippen LogP contribution is 2.17. The van der Waals surface area contributed by atoms with Gasteiger partial charge in [-0.3, -0.25) is 9.59 Å². The van der Waals surface area contributed by atoms with Crippen molar-refractivity contribution in [1.29, 1.82) is 0 Å². The van der Waals surface area contributed by atoms with Crippen molar-refractivity contribution in [2.24, 2.45) is 17.3 Å². The molecule has 0 radical (unpaired) electrons. The minimum Gasteiger partial charge on any atom is -0.481 e. The Morgan fingerprint density at radius 3 is 2.12 bits per heavy atom. The molecule has 0 rings (SSSR count). The van der Waals surface area contributed by atoms with E-state index in [0.29, 0.717) is 12.5 Å². The van der Waals surface area contributed by atoms with Gasteiger partial charge in [-0.25, -0.2) is 0 Å². The molecule has 4 nitrogen and oxygen atoms in total. The molecule has 0 aromatic heterocycles. The summed E-state index contributed by atoms with van der Waals surface area (Å²) >= 11 is 0. The highest BCUT2D eigenvalue weighted by atomic mass is 16.4. The molecule has 17 heavy (non-hydrogen) atoms. The fraction of sp³-hybridized carbons (Fsp3) is 0.846. The molecule has 0 heterocycles. The van der Waals surface area contributed by atoms with Crippen LogP contribution >= 0.6 is 0 Å². The van der Waals surface area contributed by atoms with Gasteiger partial charge in [0.2, 0.25) is 5.91 Å². The Balaban J connectivity index is 4.25. The van der Waals surface area contributed by atoms with Crippen LogP contribution in [0.1, 0.15) is 47.5 Å². The predicted octanol–water partition coefficient (Wildman–Crippen LogP) is 2.29. The lowest BCUT2D eigenvalue weighted by atomic mass is 9.92. The zero-order chi connectivity index (χ0) is 13.6. The largest absolute Gasteiger partial charge is 0.481 e. The molecule has 0 saturated carbocycles. The van der Waals surface area contributed by atoms with Gasteiger partial charge in [-0.2, -0.15) is 0 Å². The molecule has 2 N–H and O–H groups in total. The van der Waals surface area contributed by atoms with Crippen molar-refractivity contribution in [3.63, 3.8) is 0 Å². The number of carboxylic acids is 1. The molecule has 0 aromatic rings. The van der Waals surface area contributed by atoms with Crippen molar-refractivity contribution in [2.45, 2.75) is 47.5 Å². The maximum Gasteiger partial charge on any atom is 0.303 e. The number of rotatable bonds is 6. The Bertz CT molecular complexity index is 266. The number of carboxylic acid groups (broad SMARTS) is 1. The summed E-state index contributed by atoms with van der Waals surface area (Å²) in [6.07, 6.45) is 0.930. The molecule has 0 bridgehead atoms. The summed E-state index contributed by atoms with van der Waals surface area (Å²) < 4.78 is 0. The Kier molecular flexibility index (Phi) is 6.21. The maximum absolute atomic E-state index is 11.7. The van der Waals surface area contributed by atoms with E-state index in [0.717, 1.165) is 6.42 Å². The molecule has 1 atom stereocenters. The van der Waals surface area contributed by atoms with Gasteiger partial charge in [0.05, 0.1) is 0 Å². The molecule has 100 valence electrons. The van der Waals surface area contributed by atoms with E-state index < -0.39 is 11.4 Å². The number of carbonyl (C=O) groups excluding carboxylic acids is 1. The molecule has 0 aliphatic heterocycles. The zero-order valence-electron chi connectivity index (χ0n) is 11.5. The van der Waals surface area contributed by atoms with Crippen molar-refractivity contribution in [1.82, 2.24) is 5.32 Å². The van der Waals surface area contributed by atoms with Crippen LogP contribution in [0.25, 0.3) is 0 Å². The van der Waals surface area contributed by atoms with E-state index in [1.807, 2.05) is 20.8 Å². The van der Waals surface area contributed by atoms with Crippen LogP contribution in [-0.4, -0.2) is 23.5 Å². The van der Waals surface area contributed by atoms with E-state index in [9.17, 15) is 9.59 Å². The highest BCUT2D eigenvalue weighted by Gasteiger charge is 2.23. The molecule has 0 aliphatic carbocycles. The first-order valence-corrected chi connectivity index (χ1v) is 6.13. The second-order valence-electron chi connectivity index (χ2n) is 6.05. The van der Waals surface area contributed by atoms with Crippen LogP contribution in [0, 0.1) is 17.3 Å². The van der Waals surface area contributed by atoms with Gasteiger partial charge in [-0.15, -0.1) is 0 Å². The third-order valence-electron chi connectivity index (χ3n) is 2.50. The molecule has 0 saturated heterocycles. The minimum atomic E-state index is -0.805. The van der Waals surface area contributed by atoms with Gasteiger partial charge < -0.3 is 10.4 Å². The average molecular weight is 243 g/mol. The van der Waals surface area contributed by atoms with Crippen molar-refractivity contribution >= 4 is 11.9 Å². The molecule has 0 aliphatic rings. The second kappa shape index (κ2) is 6.62. The monoisotopic (exact) mass is 243 g/mol. The predicted molar refractivity (Wildman–Crippen MR) is 67.7 cm³/mol. The Morgan fingerprint density at radius 1 is 1.24 bits per heavy atom. The molecule has 0 fully saturated rings. The Labute approximate surface area is 104 Å². The van der Waals surface area contributed by atoms with Gasteiger partial charge >= 0.3 is 5.97 Å². The van der Waals surface area contributed by atoms with Crippen LogP contribution in [0.2, 0.25) is 0 Å². The van der Waals surface area contributed by atoms with Gasteiger partial charge in [-0.1, -0.05) is 34.6 Å². The lowest BCUT2D eigenvalue weighted by Crippen LogP contribution is -2.38. The average Bonchev–Trinajstić information content (AvgIpc) is 2.10. The molecule has 4 heteroatoms. The molecule has 0 spiro atoms. The summed E-state index contributed by atoms with van der Waals surface area (Å²) in [7, 11) is 0. The normalized spacial score (nSPS) is 13.5. The van der Waals surface area contributed by atoms with Crippen LogP contribution in [-0.2, 0) is 9.59 Å². The van der Waals surface area contributed by atoms with Crippen LogP contribution in [0.5, 0.6) is 0 Å². The van der Waals surface area contributed by atoms with E-state index in [1.165, 1.54) is 0 Å². The third-order valence-corrected chi connectivity index (χ3v) is 2.50. The quantitative estimate of drug-likeness (QED) is 0.752. The van der Waals surface area contributed by atoms with Gasteiger partial charge in [0.1, 0.15) is 0 Å². The number of carbonyl (C=O) groups is 2. The zero-order valence-corrected chi connectivity index (χ0v) is 11.5. The fourth-order valence-corrected chi connectivity index (χ4v) is 1.65. The van der Waals surface area contributed by atoms with Crippen molar-refractivity contribution < 1.29 is 14.7 Å². The topological polar surface area (TPSA) is 66.4 Å². The Hall–Kier alpha value is -1.06. The van der Waals surface area contributed by atoms with Gasteiger partial charge in [-0.05, 0) is 18.3 Å². The van der Waals surface area contributed by atoms with Crippen LogP contribution in [0.3, 0.4) is 0 Å². The molecule has 1 amide bonds. The SMILES string of the molecule is CC(C)C[C@H](CNC(=O)C(C)(C)C)CC(=O)O. The molecule has 0 aromatic carbocycles. The number of aliphatic carboxylic acids is 1. The number of nitrogens with one attached hydrogen (secondary N) is 1.